The molecule has 2 aromatic carbocycles. The van der Waals surface area contributed by atoms with E-state index >= 15 is 0 Å². The average molecular weight is 449 g/mol. The molecule has 1 heterocycles. The first-order chi connectivity index (χ1) is 15.5. The Morgan fingerprint density at radius 1 is 1.31 bits per heavy atom. The fraction of sp³-hybridized carbons (Fsp3) is 0.250. The number of nitrogens with one attached hydrogen (secondary N) is 1. The van der Waals surface area contributed by atoms with Crippen molar-refractivity contribution in [1.82, 2.24) is 14.5 Å². The summed E-state index contributed by atoms with van der Waals surface area (Å²) in [7, 11) is 1.61. The number of hydrogen-bond donors (Lipinski definition) is 1. The van der Waals surface area contributed by atoms with Gasteiger partial charge < -0.3 is 14.6 Å². The lowest BCUT2D eigenvalue weighted by atomic mass is 10.1. The molecule has 0 radical (unpaired) electrons. The number of methoxy groups -OCH3 is 1. The molecule has 0 saturated heterocycles. The molecule has 0 aliphatic rings. The Hall–Kier alpha value is -3.54. The number of carbonyl (C=O) groups excluding carboxylic acids is 1. The minimum atomic E-state index is -0.195. The molecule has 0 aliphatic heterocycles. The van der Waals surface area contributed by atoms with Crippen LogP contribution in [-0.2, 0) is 17.8 Å². The van der Waals surface area contributed by atoms with E-state index in [0.29, 0.717) is 59.5 Å². The number of aromatic nitrogens is 2. The summed E-state index contributed by atoms with van der Waals surface area (Å²) in [6.45, 7) is 5.46. The van der Waals surface area contributed by atoms with Crippen LogP contribution in [0.4, 0.5) is 0 Å². The van der Waals surface area contributed by atoms with E-state index in [9.17, 15) is 9.59 Å². The minimum absolute atomic E-state index is 0.195. The summed E-state index contributed by atoms with van der Waals surface area (Å²) in [4.78, 5) is 30.8. The third-order valence-electron chi connectivity index (χ3n) is 5.05. The van der Waals surface area contributed by atoms with Crippen LogP contribution >= 0.6 is 12.2 Å². The Labute approximate surface area is 191 Å². The second kappa shape index (κ2) is 10.7. The molecule has 1 aromatic heterocycles. The average Bonchev–Trinajstić information content (AvgIpc) is 2.80. The molecule has 1 N–H and O–H groups in total. The molecule has 164 valence electrons. The SMILES string of the molecule is C=CCN(Cc1ccc(C#N)cc1)C(=O)c1ccc2c(=O)n(CCCOC)c(=S)[nH]c2c1. The first kappa shape index (κ1) is 23.1. The van der Waals surface area contributed by atoms with E-state index in [1.165, 1.54) is 4.57 Å². The van der Waals surface area contributed by atoms with Gasteiger partial charge in [-0.15, -0.1) is 6.58 Å². The zero-order valence-corrected chi connectivity index (χ0v) is 18.7. The number of fused-ring (bicyclic) bond motifs is 1. The van der Waals surface area contributed by atoms with E-state index in [1.807, 2.05) is 12.1 Å². The largest absolute Gasteiger partial charge is 0.385 e. The number of hydrogen-bond acceptors (Lipinski definition) is 5. The van der Waals surface area contributed by atoms with Crippen LogP contribution in [0.5, 0.6) is 0 Å². The second-order valence-electron chi connectivity index (χ2n) is 7.28. The van der Waals surface area contributed by atoms with Crippen LogP contribution in [0.15, 0.2) is 59.9 Å². The molecule has 0 aliphatic carbocycles. The van der Waals surface area contributed by atoms with Crippen LogP contribution in [0.3, 0.4) is 0 Å². The van der Waals surface area contributed by atoms with Gasteiger partial charge in [0.2, 0.25) is 0 Å². The van der Waals surface area contributed by atoms with Gasteiger partial charge in [-0.2, -0.15) is 5.26 Å². The van der Waals surface area contributed by atoms with Gasteiger partial charge >= 0.3 is 0 Å². The van der Waals surface area contributed by atoms with Gasteiger partial charge in [-0.1, -0.05) is 18.2 Å². The van der Waals surface area contributed by atoms with E-state index < -0.39 is 0 Å². The Kier molecular flexibility index (Phi) is 7.71. The van der Waals surface area contributed by atoms with Gasteiger partial charge in [0.1, 0.15) is 0 Å². The summed E-state index contributed by atoms with van der Waals surface area (Å²) in [6.07, 6.45) is 2.33. The first-order valence-electron chi connectivity index (χ1n) is 10.1. The number of ether oxygens (including phenoxy) is 1. The van der Waals surface area contributed by atoms with E-state index in [1.54, 1.807) is 48.4 Å². The highest BCUT2D eigenvalue weighted by atomic mass is 32.1. The van der Waals surface area contributed by atoms with Gasteiger partial charge in [0.25, 0.3) is 11.5 Å². The molecular formula is C24H24N4O3S. The summed E-state index contributed by atoms with van der Waals surface area (Å²) in [5, 5.41) is 9.43. The van der Waals surface area contributed by atoms with Crippen LogP contribution in [0.1, 0.15) is 27.9 Å². The van der Waals surface area contributed by atoms with Crippen molar-refractivity contribution in [3.8, 4) is 6.07 Å². The molecule has 3 aromatic rings. The van der Waals surface area contributed by atoms with Crippen LogP contribution in [0, 0.1) is 16.1 Å². The predicted molar refractivity (Wildman–Crippen MR) is 126 cm³/mol. The number of carbonyl (C=O) groups is 1. The summed E-state index contributed by atoms with van der Waals surface area (Å²) < 4.78 is 6.86. The number of benzene rings is 2. The van der Waals surface area contributed by atoms with Gasteiger partial charge in [0, 0.05) is 38.9 Å². The normalized spacial score (nSPS) is 10.6. The molecule has 0 fully saturated rings. The minimum Gasteiger partial charge on any atom is -0.385 e. The van der Waals surface area contributed by atoms with E-state index in [-0.39, 0.29) is 11.5 Å². The van der Waals surface area contributed by atoms with E-state index in [2.05, 4.69) is 17.6 Å². The van der Waals surface area contributed by atoms with Gasteiger partial charge in [-0.25, -0.2) is 0 Å². The number of H-pyrrole nitrogens is 1. The Morgan fingerprint density at radius 3 is 2.72 bits per heavy atom. The van der Waals surface area contributed by atoms with Crippen molar-refractivity contribution in [2.75, 3.05) is 20.3 Å². The van der Waals surface area contributed by atoms with Crippen molar-refractivity contribution in [2.24, 2.45) is 0 Å². The van der Waals surface area contributed by atoms with Crippen LogP contribution < -0.4 is 5.56 Å². The van der Waals surface area contributed by atoms with Gasteiger partial charge in [-0.05, 0) is 54.5 Å². The Balaban J connectivity index is 1.90. The Bertz CT molecular complexity index is 1290. The first-order valence-corrected chi connectivity index (χ1v) is 10.5. The molecule has 7 nitrogen and oxygen atoms in total. The molecule has 32 heavy (non-hydrogen) atoms. The lowest BCUT2D eigenvalue weighted by molar-refractivity contribution is 0.0763. The van der Waals surface area contributed by atoms with Gasteiger partial charge in [0.05, 0.1) is 22.5 Å². The molecule has 0 bridgehead atoms. The summed E-state index contributed by atoms with van der Waals surface area (Å²) in [5.74, 6) is -0.195. The Morgan fingerprint density at radius 2 is 2.06 bits per heavy atom. The van der Waals surface area contributed by atoms with Crippen molar-refractivity contribution in [3.63, 3.8) is 0 Å². The quantitative estimate of drug-likeness (QED) is 0.305. The van der Waals surface area contributed by atoms with Crippen LogP contribution in [-0.4, -0.2) is 40.6 Å². The summed E-state index contributed by atoms with van der Waals surface area (Å²) >= 11 is 5.36. The summed E-state index contributed by atoms with van der Waals surface area (Å²) in [6, 6.07) is 14.1. The third-order valence-corrected chi connectivity index (χ3v) is 5.37. The number of nitrogens with zero attached hydrogens (tertiary/aromatic N) is 3. The molecule has 3 rings (SSSR count). The molecule has 1 amide bonds. The van der Waals surface area contributed by atoms with E-state index in [4.69, 9.17) is 22.2 Å². The molecule has 8 heteroatoms. The highest BCUT2D eigenvalue weighted by molar-refractivity contribution is 7.71. The molecule has 0 atom stereocenters. The van der Waals surface area contributed by atoms with Crippen molar-refractivity contribution in [2.45, 2.75) is 19.5 Å². The van der Waals surface area contributed by atoms with Crippen molar-refractivity contribution in [1.29, 1.82) is 5.26 Å². The third kappa shape index (κ3) is 5.19. The predicted octanol–water partition coefficient (Wildman–Crippen LogP) is 3.80. The fourth-order valence-electron chi connectivity index (χ4n) is 3.42. The lowest BCUT2D eigenvalue weighted by Gasteiger charge is -2.21. The second-order valence-corrected chi connectivity index (χ2v) is 7.66. The highest BCUT2D eigenvalue weighted by Crippen LogP contribution is 2.15. The summed E-state index contributed by atoms with van der Waals surface area (Å²) in [5.41, 5.74) is 2.23. The number of aromatic amines is 1. The fourth-order valence-corrected chi connectivity index (χ4v) is 3.70. The topological polar surface area (TPSA) is 91.1 Å². The van der Waals surface area contributed by atoms with Crippen LogP contribution in [0.25, 0.3) is 10.9 Å². The highest BCUT2D eigenvalue weighted by Gasteiger charge is 2.17. The molecule has 0 saturated carbocycles. The maximum Gasteiger partial charge on any atom is 0.262 e. The van der Waals surface area contributed by atoms with Crippen molar-refractivity contribution >= 4 is 29.0 Å². The zero-order valence-electron chi connectivity index (χ0n) is 17.8. The van der Waals surface area contributed by atoms with Crippen LogP contribution in [0.2, 0.25) is 0 Å². The monoisotopic (exact) mass is 448 g/mol. The molecule has 0 spiro atoms. The lowest BCUT2D eigenvalue weighted by Crippen LogP contribution is -2.31. The zero-order chi connectivity index (χ0) is 23.1. The maximum atomic E-state index is 13.2. The number of amides is 1. The number of rotatable bonds is 9. The maximum absolute atomic E-state index is 13.2. The standard InChI is InChI=1S/C24H24N4O3S/c1-3-11-27(16-18-7-5-17(15-25)6-8-18)22(29)19-9-10-20-21(14-19)26-24(32)28(23(20)30)12-4-13-31-2/h3,5-10,14H,1,4,11-13,16H2,2H3,(H,26,32). The smallest absolute Gasteiger partial charge is 0.262 e. The van der Waals surface area contributed by atoms with E-state index in [0.717, 1.165) is 5.56 Å². The van der Waals surface area contributed by atoms with Gasteiger partial charge in [-0.3, -0.25) is 14.2 Å². The van der Waals surface area contributed by atoms with Crippen molar-refractivity contribution < 1.29 is 9.53 Å². The molecule has 0 unspecified atom stereocenters. The van der Waals surface area contributed by atoms with Crippen molar-refractivity contribution in [3.05, 3.63) is 86.9 Å². The number of nitriles is 1. The van der Waals surface area contributed by atoms with Gasteiger partial charge in [0.15, 0.2) is 4.77 Å². The molecular weight excluding hydrogens is 424 g/mol.